The molecule has 0 atom stereocenters. The van der Waals surface area contributed by atoms with Crippen LogP contribution in [0.5, 0.6) is 0 Å². The maximum absolute atomic E-state index is 13.3. The molecule has 0 fully saturated rings. The van der Waals surface area contributed by atoms with Crippen molar-refractivity contribution in [2.45, 2.75) is 46.6 Å². The first kappa shape index (κ1) is 21.8. The molecule has 32 heavy (non-hydrogen) atoms. The summed E-state index contributed by atoms with van der Waals surface area (Å²) in [6.07, 6.45) is 6.02. The number of aryl methyl sites for hydroxylation is 2. The van der Waals surface area contributed by atoms with E-state index in [9.17, 15) is 9.59 Å². The first-order chi connectivity index (χ1) is 15.4. The van der Waals surface area contributed by atoms with Crippen molar-refractivity contribution in [3.05, 3.63) is 106 Å². The maximum Gasteiger partial charge on any atom is 0.189 e. The highest BCUT2D eigenvalue weighted by Gasteiger charge is 2.21. The van der Waals surface area contributed by atoms with Crippen LogP contribution in [0.25, 0.3) is 11.6 Å². The van der Waals surface area contributed by atoms with Crippen LogP contribution in [-0.2, 0) is 17.8 Å². The lowest BCUT2D eigenvalue weighted by Gasteiger charge is -2.13. The van der Waals surface area contributed by atoms with E-state index in [-0.39, 0.29) is 11.6 Å². The second-order valence-electron chi connectivity index (χ2n) is 8.66. The molecule has 3 heteroatoms. The molecule has 0 N–H and O–H groups in total. The molecule has 0 bridgehead atoms. The Kier molecular flexibility index (Phi) is 6.36. The molecule has 0 spiro atoms. The van der Waals surface area contributed by atoms with Crippen LogP contribution >= 0.6 is 0 Å². The molecule has 1 aliphatic carbocycles. The molecule has 2 aromatic carbocycles. The summed E-state index contributed by atoms with van der Waals surface area (Å²) in [5, 5.41) is 0. The number of aromatic nitrogens is 1. The number of benzene rings is 2. The second-order valence-corrected chi connectivity index (χ2v) is 8.66. The number of carbonyl (C=O) groups excluding carboxylic acids is 2. The van der Waals surface area contributed by atoms with E-state index in [1.807, 2.05) is 49.4 Å². The highest BCUT2D eigenvalue weighted by molar-refractivity contribution is 6.12. The lowest BCUT2D eigenvalue weighted by Crippen LogP contribution is -2.09. The van der Waals surface area contributed by atoms with Crippen LogP contribution < -0.4 is 0 Å². The van der Waals surface area contributed by atoms with Crippen LogP contribution in [0.1, 0.15) is 65.1 Å². The van der Waals surface area contributed by atoms with E-state index in [0.29, 0.717) is 31.4 Å². The average molecular weight is 424 g/mol. The Bertz CT molecular complexity index is 1210. The molecular formula is C29H29NO2. The van der Waals surface area contributed by atoms with E-state index in [2.05, 4.69) is 41.8 Å². The molecule has 162 valence electrons. The number of ketones is 2. The van der Waals surface area contributed by atoms with Gasteiger partial charge in [-0.2, -0.15) is 0 Å². The minimum absolute atomic E-state index is 0.0691. The predicted molar refractivity (Wildman–Crippen MR) is 131 cm³/mol. The first-order valence-corrected chi connectivity index (χ1v) is 11.2. The van der Waals surface area contributed by atoms with Gasteiger partial charge in [0.15, 0.2) is 5.78 Å². The Morgan fingerprint density at radius 3 is 2.38 bits per heavy atom. The summed E-state index contributed by atoms with van der Waals surface area (Å²) in [5.41, 5.74) is 8.33. The van der Waals surface area contributed by atoms with Gasteiger partial charge in [-0.05, 0) is 56.9 Å². The molecule has 3 nitrogen and oxygen atoms in total. The summed E-state index contributed by atoms with van der Waals surface area (Å²) in [6, 6.07) is 20.3. The topological polar surface area (TPSA) is 39.1 Å². The van der Waals surface area contributed by atoms with Crippen molar-refractivity contribution < 1.29 is 9.59 Å². The van der Waals surface area contributed by atoms with Gasteiger partial charge in [0.25, 0.3) is 0 Å². The average Bonchev–Trinajstić information content (AvgIpc) is 3.03. The van der Waals surface area contributed by atoms with Crippen LogP contribution in [0.15, 0.2) is 72.3 Å². The second kappa shape index (κ2) is 9.35. The van der Waals surface area contributed by atoms with Gasteiger partial charge in [-0.25, -0.2) is 0 Å². The number of hydrogen-bond acceptors (Lipinski definition) is 2. The fourth-order valence-corrected chi connectivity index (χ4v) is 4.20. The van der Waals surface area contributed by atoms with Gasteiger partial charge in [0.2, 0.25) is 0 Å². The Hall–Kier alpha value is -3.46. The van der Waals surface area contributed by atoms with E-state index in [4.69, 9.17) is 0 Å². The summed E-state index contributed by atoms with van der Waals surface area (Å²) in [6.45, 7) is 6.47. The van der Waals surface area contributed by atoms with E-state index in [1.165, 1.54) is 11.1 Å². The Morgan fingerprint density at radius 2 is 1.69 bits per heavy atom. The normalized spacial score (nSPS) is 13.1. The summed E-state index contributed by atoms with van der Waals surface area (Å²) >= 11 is 0. The van der Waals surface area contributed by atoms with E-state index in [0.717, 1.165) is 28.1 Å². The summed E-state index contributed by atoms with van der Waals surface area (Å²) < 4.78 is 2.28. The third kappa shape index (κ3) is 4.72. The van der Waals surface area contributed by atoms with E-state index >= 15 is 0 Å². The standard InChI is InChI=1S/C29H29NO2/c1-20-9-13-24(14-10-20)29(32)25-15-11-21(2)27-18-26(16-12-22(3)31)30(28(27)17-25)19-23-7-5-4-6-8-23/h4-11,13-14,17-18H,12,15-16,19H2,1-3H3. The summed E-state index contributed by atoms with van der Waals surface area (Å²) in [7, 11) is 0. The number of carbonyl (C=O) groups is 2. The van der Waals surface area contributed by atoms with Gasteiger partial charge in [0.05, 0.1) is 0 Å². The van der Waals surface area contributed by atoms with Crippen molar-refractivity contribution in [2.75, 3.05) is 0 Å². The summed E-state index contributed by atoms with van der Waals surface area (Å²) in [4.78, 5) is 25.0. The number of nitrogens with zero attached hydrogens (tertiary/aromatic N) is 1. The molecule has 0 radical (unpaired) electrons. The Morgan fingerprint density at radius 1 is 0.969 bits per heavy atom. The number of fused-ring (bicyclic) bond motifs is 1. The molecule has 0 saturated heterocycles. The quantitative estimate of drug-likeness (QED) is 0.410. The van der Waals surface area contributed by atoms with Crippen molar-refractivity contribution in [1.82, 2.24) is 4.57 Å². The molecular weight excluding hydrogens is 394 g/mol. The van der Waals surface area contributed by atoms with E-state index in [1.54, 1.807) is 6.92 Å². The molecule has 0 saturated carbocycles. The zero-order valence-electron chi connectivity index (χ0n) is 19.0. The smallest absolute Gasteiger partial charge is 0.189 e. The van der Waals surface area contributed by atoms with Gasteiger partial charge in [0, 0.05) is 41.1 Å². The Labute approximate surface area is 190 Å². The van der Waals surface area contributed by atoms with Crippen LogP contribution in [0.4, 0.5) is 0 Å². The number of rotatable bonds is 7. The molecule has 1 heterocycles. The van der Waals surface area contributed by atoms with Gasteiger partial charge in [-0.1, -0.05) is 66.2 Å². The highest BCUT2D eigenvalue weighted by atomic mass is 16.1. The van der Waals surface area contributed by atoms with Crippen molar-refractivity contribution in [3.63, 3.8) is 0 Å². The fraction of sp³-hybridized carbons (Fsp3) is 0.241. The maximum atomic E-state index is 13.3. The minimum atomic E-state index is 0.0691. The van der Waals surface area contributed by atoms with Gasteiger partial charge >= 0.3 is 0 Å². The summed E-state index contributed by atoms with van der Waals surface area (Å²) in [5.74, 6) is 0.255. The van der Waals surface area contributed by atoms with Gasteiger partial charge in [-0.3, -0.25) is 4.79 Å². The van der Waals surface area contributed by atoms with Gasteiger partial charge in [0.1, 0.15) is 5.78 Å². The van der Waals surface area contributed by atoms with Crippen molar-refractivity contribution >= 4 is 23.2 Å². The third-order valence-corrected chi connectivity index (χ3v) is 6.11. The Balaban J connectivity index is 1.80. The minimum Gasteiger partial charge on any atom is -0.340 e. The van der Waals surface area contributed by atoms with Crippen molar-refractivity contribution in [3.8, 4) is 0 Å². The van der Waals surface area contributed by atoms with Gasteiger partial charge in [-0.15, -0.1) is 0 Å². The van der Waals surface area contributed by atoms with Gasteiger partial charge < -0.3 is 9.36 Å². The van der Waals surface area contributed by atoms with E-state index < -0.39 is 0 Å². The zero-order valence-corrected chi connectivity index (χ0v) is 19.0. The zero-order chi connectivity index (χ0) is 22.7. The van der Waals surface area contributed by atoms with Crippen LogP contribution in [0, 0.1) is 6.92 Å². The lowest BCUT2D eigenvalue weighted by molar-refractivity contribution is -0.117. The third-order valence-electron chi connectivity index (χ3n) is 6.11. The number of Topliss-reactive ketones (excluding diaryl/α,β-unsaturated/α-hetero) is 2. The largest absolute Gasteiger partial charge is 0.340 e. The number of hydrogen-bond donors (Lipinski definition) is 0. The molecule has 0 unspecified atom stereocenters. The fourth-order valence-electron chi connectivity index (χ4n) is 4.20. The van der Waals surface area contributed by atoms with Crippen LogP contribution in [0.3, 0.4) is 0 Å². The SMILES string of the molecule is CC(=O)CCc1cc2c(n1Cc1ccccc1)C=C(C(=O)c1ccc(C)cc1)CC=C2C. The molecule has 0 aliphatic heterocycles. The number of allylic oxidation sites excluding steroid dienone is 3. The first-order valence-electron chi connectivity index (χ1n) is 11.2. The van der Waals surface area contributed by atoms with Crippen LogP contribution in [0.2, 0.25) is 0 Å². The van der Waals surface area contributed by atoms with Crippen molar-refractivity contribution in [2.24, 2.45) is 0 Å². The lowest BCUT2D eigenvalue weighted by atomic mass is 9.99. The molecule has 1 aliphatic rings. The monoisotopic (exact) mass is 423 g/mol. The highest BCUT2D eigenvalue weighted by Crippen LogP contribution is 2.32. The molecule has 3 aromatic rings. The van der Waals surface area contributed by atoms with Crippen LogP contribution in [-0.4, -0.2) is 16.1 Å². The molecule has 4 rings (SSSR count). The molecule has 0 amide bonds. The molecule has 1 aromatic heterocycles. The predicted octanol–water partition coefficient (Wildman–Crippen LogP) is 6.44. The van der Waals surface area contributed by atoms with Crippen molar-refractivity contribution in [1.29, 1.82) is 0 Å².